The maximum absolute atomic E-state index is 10.7. The Balaban J connectivity index is 2.83. The first kappa shape index (κ1) is 9.21. The number of hydrogen-bond donors (Lipinski definition) is 0. The van der Waals surface area contributed by atoms with Crippen LogP contribution < -0.4 is 0 Å². The Bertz CT molecular complexity index is 490. The number of rotatable bonds is 2. The van der Waals surface area contributed by atoms with Crippen molar-refractivity contribution in [3.05, 3.63) is 28.9 Å². The first-order valence-corrected chi connectivity index (χ1v) is 4.76. The van der Waals surface area contributed by atoms with Gasteiger partial charge in [-0.05, 0) is 19.1 Å². The zero-order chi connectivity index (χ0) is 10.1. The van der Waals surface area contributed by atoms with Gasteiger partial charge in [0.05, 0.1) is 0 Å². The molecule has 0 fully saturated rings. The zero-order valence-corrected chi connectivity index (χ0v) is 8.45. The number of aromatic nitrogens is 2. The van der Waals surface area contributed by atoms with Crippen molar-refractivity contribution in [1.29, 1.82) is 0 Å². The second-order valence-corrected chi connectivity index (χ2v) is 3.33. The van der Waals surface area contributed by atoms with Crippen LogP contribution in [-0.4, -0.2) is 16.1 Å². The van der Waals surface area contributed by atoms with Gasteiger partial charge in [0, 0.05) is 17.5 Å². The molecule has 0 amide bonds. The van der Waals surface area contributed by atoms with Gasteiger partial charge in [-0.15, -0.1) is 0 Å². The number of hydrogen-bond acceptors (Lipinski definition) is 2. The summed E-state index contributed by atoms with van der Waals surface area (Å²) in [5.41, 5.74) is 1.26. The largest absolute Gasteiger partial charge is 0.298 e. The highest BCUT2D eigenvalue weighted by Crippen LogP contribution is 2.24. The summed E-state index contributed by atoms with van der Waals surface area (Å²) in [5.74, 6) is 0. The van der Waals surface area contributed by atoms with Gasteiger partial charge in [-0.1, -0.05) is 17.7 Å². The number of aldehydes is 1. The Hall–Kier alpha value is -1.35. The smallest absolute Gasteiger partial charge is 0.152 e. The Morgan fingerprint density at radius 1 is 1.57 bits per heavy atom. The highest BCUT2D eigenvalue weighted by molar-refractivity contribution is 6.34. The Morgan fingerprint density at radius 2 is 2.36 bits per heavy atom. The van der Waals surface area contributed by atoms with E-state index in [1.807, 2.05) is 13.0 Å². The summed E-state index contributed by atoms with van der Waals surface area (Å²) < 4.78 is 1.68. The molecule has 0 unspecified atom stereocenters. The van der Waals surface area contributed by atoms with Gasteiger partial charge in [0.2, 0.25) is 0 Å². The molecule has 72 valence electrons. The summed E-state index contributed by atoms with van der Waals surface area (Å²) in [6.45, 7) is 2.66. The van der Waals surface area contributed by atoms with E-state index in [2.05, 4.69) is 5.10 Å². The van der Waals surface area contributed by atoms with Crippen molar-refractivity contribution >= 4 is 28.8 Å². The van der Waals surface area contributed by atoms with Gasteiger partial charge in [0.1, 0.15) is 10.7 Å². The summed E-state index contributed by atoms with van der Waals surface area (Å²) >= 11 is 6.07. The second-order valence-electron chi connectivity index (χ2n) is 2.97. The molecule has 0 N–H and O–H groups in total. The van der Waals surface area contributed by atoms with Gasteiger partial charge in [-0.3, -0.25) is 9.48 Å². The average Bonchev–Trinajstić information content (AvgIpc) is 2.55. The highest BCUT2D eigenvalue weighted by atomic mass is 35.5. The average molecular weight is 209 g/mol. The number of aryl methyl sites for hydroxylation is 1. The van der Waals surface area contributed by atoms with Gasteiger partial charge < -0.3 is 0 Å². The van der Waals surface area contributed by atoms with Crippen LogP contribution in [0.1, 0.15) is 17.3 Å². The normalized spacial score (nSPS) is 10.7. The molecule has 0 atom stereocenters. The molecule has 3 nitrogen and oxygen atoms in total. The first-order valence-electron chi connectivity index (χ1n) is 4.38. The van der Waals surface area contributed by atoms with Crippen molar-refractivity contribution in [3.8, 4) is 0 Å². The Morgan fingerprint density at radius 3 is 3.00 bits per heavy atom. The van der Waals surface area contributed by atoms with E-state index in [4.69, 9.17) is 11.6 Å². The monoisotopic (exact) mass is 208 g/mol. The van der Waals surface area contributed by atoms with Crippen LogP contribution in [0.4, 0.5) is 0 Å². The molecule has 0 spiro atoms. The number of fused-ring (bicyclic) bond motifs is 1. The van der Waals surface area contributed by atoms with Gasteiger partial charge >= 0.3 is 0 Å². The molecule has 1 aromatic heterocycles. The lowest BCUT2D eigenvalue weighted by molar-refractivity contribution is 0.112. The SMILES string of the molecule is CCn1nc2c(C=O)cccc2c1Cl. The van der Waals surface area contributed by atoms with E-state index in [1.165, 1.54) is 0 Å². The van der Waals surface area contributed by atoms with Gasteiger partial charge in [-0.25, -0.2) is 0 Å². The van der Waals surface area contributed by atoms with Gasteiger partial charge in [-0.2, -0.15) is 5.10 Å². The quantitative estimate of drug-likeness (QED) is 0.711. The summed E-state index contributed by atoms with van der Waals surface area (Å²) in [6.07, 6.45) is 0.797. The molecule has 0 aliphatic carbocycles. The van der Waals surface area contributed by atoms with Crippen LogP contribution in [0.25, 0.3) is 10.9 Å². The topological polar surface area (TPSA) is 34.9 Å². The van der Waals surface area contributed by atoms with E-state index in [0.717, 1.165) is 11.7 Å². The van der Waals surface area contributed by atoms with Crippen molar-refractivity contribution < 1.29 is 4.79 Å². The first-order chi connectivity index (χ1) is 6.77. The molecule has 2 aromatic rings. The second kappa shape index (κ2) is 3.42. The van der Waals surface area contributed by atoms with E-state index in [1.54, 1.807) is 16.8 Å². The lowest BCUT2D eigenvalue weighted by atomic mass is 10.2. The predicted octanol–water partition coefficient (Wildman–Crippen LogP) is 2.52. The number of benzene rings is 1. The lowest BCUT2D eigenvalue weighted by Gasteiger charge is -1.93. The number of nitrogens with zero attached hydrogens (tertiary/aromatic N) is 2. The Kier molecular flexibility index (Phi) is 2.25. The number of halogens is 1. The minimum absolute atomic E-state index is 0.580. The molecular weight excluding hydrogens is 200 g/mol. The van der Waals surface area contributed by atoms with Crippen LogP contribution in [0.5, 0.6) is 0 Å². The number of carbonyl (C=O) groups is 1. The Labute approximate surface area is 86.3 Å². The third-order valence-electron chi connectivity index (χ3n) is 2.16. The van der Waals surface area contributed by atoms with Crippen LogP contribution in [0, 0.1) is 0 Å². The minimum atomic E-state index is 0.580. The van der Waals surface area contributed by atoms with Crippen LogP contribution in [0.2, 0.25) is 5.15 Å². The summed E-state index contributed by atoms with van der Waals surface area (Å²) in [5, 5.41) is 5.68. The molecule has 2 rings (SSSR count). The van der Waals surface area contributed by atoms with Gasteiger partial charge in [0.25, 0.3) is 0 Å². The van der Waals surface area contributed by atoms with Crippen molar-refractivity contribution in [2.24, 2.45) is 0 Å². The van der Waals surface area contributed by atoms with Crippen molar-refractivity contribution in [2.75, 3.05) is 0 Å². The third kappa shape index (κ3) is 1.21. The van der Waals surface area contributed by atoms with E-state index < -0.39 is 0 Å². The third-order valence-corrected chi connectivity index (χ3v) is 2.56. The molecule has 14 heavy (non-hydrogen) atoms. The predicted molar refractivity (Wildman–Crippen MR) is 55.8 cm³/mol. The van der Waals surface area contributed by atoms with Crippen LogP contribution in [0.15, 0.2) is 18.2 Å². The molecule has 0 bridgehead atoms. The molecule has 0 aliphatic heterocycles. The molecule has 4 heteroatoms. The molecule has 0 radical (unpaired) electrons. The summed E-state index contributed by atoms with van der Waals surface area (Å²) in [7, 11) is 0. The highest BCUT2D eigenvalue weighted by Gasteiger charge is 2.10. The van der Waals surface area contributed by atoms with E-state index in [-0.39, 0.29) is 0 Å². The molecule has 0 saturated carbocycles. The van der Waals surface area contributed by atoms with Crippen LogP contribution in [0.3, 0.4) is 0 Å². The fraction of sp³-hybridized carbons (Fsp3) is 0.200. The molecule has 0 saturated heterocycles. The maximum atomic E-state index is 10.7. The van der Waals surface area contributed by atoms with Crippen molar-refractivity contribution in [3.63, 3.8) is 0 Å². The molecule has 1 aromatic carbocycles. The van der Waals surface area contributed by atoms with Crippen molar-refractivity contribution in [1.82, 2.24) is 9.78 Å². The molecule has 1 heterocycles. The summed E-state index contributed by atoms with van der Waals surface area (Å²) in [4.78, 5) is 10.7. The van der Waals surface area contributed by atoms with Crippen LogP contribution >= 0.6 is 11.6 Å². The summed E-state index contributed by atoms with van der Waals surface area (Å²) in [6, 6.07) is 5.40. The number of carbonyl (C=O) groups excluding carboxylic acids is 1. The van der Waals surface area contributed by atoms with Crippen molar-refractivity contribution in [2.45, 2.75) is 13.5 Å². The molecular formula is C10H9ClN2O. The molecule has 0 aliphatic rings. The van der Waals surface area contributed by atoms with Gasteiger partial charge in [0.15, 0.2) is 6.29 Å². The van der Waals surface area contributed by atoms with E-state index >= 15 is 0 Å². The fourth-order valence-corrected chi connectivity index (χ4v) is 1.76. The lowest BCUT2D eigenvalue weighted by Crippen LogP contribution is -1.95. The fourth-order valence-electron chi connectivity index (χ4n) is 1.45. The zero-order valence-electron chi connectivity index (χ0n) is 7.70. The maximum Gasteiger partial charge on any atom is 0.152 e. The van der Waals surface area contributed by atoms with E-state index in [0.29, 0.717) is 22.8 Å². The van der Waals surface area contributed by atoms with Crippen LogP contribution in [-0.2, 0) is 6.54 Å². The van der Waals surface area contributed by atoms with E-state index in [9.17, 15) is 4.79 Å². The minimum Gasteiger partial charge on any atom is -0.298 e. The standard InChI is InChI=1S/C10H9ClN2O/c1-2-13-10(11)8-5-3-4-7(6-14)9(8)12-13/h3-6H,2H2,1H3.